The van der Waals surface area contributed by atoms with E-state index in [0.717, 1.165) is 47.4 Å². The molecule has 0 atom stereocenters. The van der Waals surface area contributed by atoms with Crippen LogP contribution in [-0.2, 0) is 13.1 Å². The van der Waals surface area contributed by atoms with Gasteiger partial charge in [0.05, 0.1) is 12.3 Å². The highest BCUT2D eigenvalue weighted by Crippen LogP contribution is 2.16. The highest BCUT2D eigenvalue weighted by molar-refractivity contribution is 6.10. The predicted molar refractivity (Wildman–Crippen MR) is 188 cm³/mol. The zero-order valence-electron chi connectivity index (χ0n) is 27.0. The molecule has 1 aliphatic rings. The molecule has 4 nitrogen and oxygen atoms in total. The van der Waals surface area contributed by atoms with Gasteiger partial charge in [0.2, 0.25) is 0 Å². The molecule has 0 aliphatic carbocycles. The van der Waals surface area contributed by atoms with Crippen LogP contribution in [0.15, 0.2) is 139 Å². The molecule has 2 N–H and O–H groups in total. The lowest BCUT2D eigenvalue weighted by atomic mass is 10.0. The van der Waals surface area contributed by atoms with Crippen molar-refractivity contribution >= 4 is 11.9 Å². The number of hydrogen-bond acceptors (Lipinski definition) is 4. The second-order valence-electron chi connectivity index (χ2n) is 9.31. The van der Waals surface area contributed by atoms with E-state index in [4.69, 9.17) is 4.99 Å². The van der Waals surface area contributed by atoms with E-state index >= 15 is 0 Å². The largest absolute Gasteiger partial charge is 0.383 e. The van der Waals surface area contributed by atoms with E-state index < -0.39 is 11.6 Å². The van der Waals surface area contributed by atoms with Gasteiger partial charge in [-0.25, -0.2) is 8.78 Å². The van der Waals surface area contributed by atoms with E-state index in [1.807, 2.05) is 20.2 Å². The van der Waals surface area contributed by atoms with Gasteiger partial charge < -0.3 is 10.6 Å². The van der Waals surface area contributed by atoms with Crippen LogP contribution < -0.4 is 10.6 Å². The average molecular weight is 599 g/mol. The van der Waals surface area contributed by atoms with Crippen LogP contribution in [-0.4, -0.2) is 25.5 Å². The average Bonchev–Trinajstić information content (AvgIpc) is 3.11. The van der Waals surface area contributed by atoms with Crippen molar-refractivity contribution in [3.8, 4) is 0 Å². The summed E-state index contributed by atoms with van der Waals surface area (Å²) in [5.41, 5.74) is 9.47. The summed E-state index contributed by atoms with van der Waals surface area (Å²) in [4.78, 5) is 9.54. The number of nitrogens with one attached hydrogen (secondary N) is 2. The van der Waals surface area contributed by atoms with E-state index in [0.29, 0.717) is 12.1 Å². The molecule has 0 aromatic heterocycles. The Morgan fingerprint density at radius 3 is 1.89 bits per heavy atom. The Balaban J connectivity index is 0.00000103. The number of aliphatic imine (C=N–C) groups is 2. The van der Waals surface area contributed by atoms with Gasteiger partial charge in [0.15, 0.2) is 0 Å². The molecule has 0 unspecified atom stereocenters. The number of nitrogens with zero attached hydrogens (tertiary/aromatic N) is 2. The lowest BCUT2D eigenvalue weighted by Crippen LogP contribution is -2.17. The molecule has 0 saturated heterocycles. The zero-order chi connectivity index (χ0) is 33.5. The fourth-order valence-electron chi connectivity index (χ4n) is 3.75. The summed E-state index contributed by atoms with van der Waals surface area (Å²) in [6, 6.07) is 20.6. The van der Waals surface area contributed by atoms with Crippen molar-refractivity contribution in [2.45, 2.75) is 40.8 Å². The summed E-state index contributed by atoms with van der Waals surface area (Å²) in [6.45, 7) is 28.1. The van der Waals surface area contributed by atoms with Crippen LogP contribution in [0.25, 0.3) is 0 Å². The third-order valence-electron chi connectivity index (χ3n) is 6.19. The van der Waals surface area contributed by atoms with Crippen molar-refractivity contribution in [3.05, 3.63) is 169 Å². The second kappa shape index (κ2) is 22.9. The molecule has 3 aromatic carbocycles. The number of halogens is 2. The van der Waals surface area contributed by atoms with Crippen LogP contribution in [0.5, 0.6) is 0 Å². The minimum absolute atomic E-state index is 0.469. The smallest absolute Gasteiger partial charge is 0.129 e. The Labute approximate surface area is 264 Å². The summed E-state index contributed by atoms with van der Waals surface area (Å²) in [5.74, 6) is -1.02. The Bertz CT molecular complexity index is 1400. The number of hydrogen-bond donors (Lipinski definition) is 2. The maximum Gasteiger partial charge on any atom is 0.129 e. The van der Waals surface area contributed by atoms with Crippen molar-refractivity contribution in [2.75, 3.05) is 13.6 Å². The molecule has 0 fully saturated rings. The van der Waals surface area contributed by atoms with Gasteiger partial charge in [0.1, 0.15) is 11.6 Å². The zero-order valence-corrected chi connectivity index (χ0v) is 27.0. The normalized spacial score (nSPS) is 15.9. The minimum atomic E-state index is -0.530. The number of benzene rings is 3. The third-order valence-corrected chi connectivity index (χ3v) is 6.19. The van der Waals surface area contributed by atoms with Crippen LogP contribution in [0.4, 0.5) is 8.78 Å². The highest BCUT2D eigenvalue weighted by atomic mass is 19.1. The Kier molecular flexibility index (Phi) is 20.4. The van der Waals surface area contributed by atoms with Crippen molar-refractivity contribution in [1.29, 1.82) is 0 Å². The van der Waals surface area contributed by atoms with Gasteiger partial charge in [-0.15, -0.1) is 39.5 Å². The SMILES string of the molecule is C=C.C=C.C=C.CNCc1ccc(CN/C2=C/C(c3ccccc3C)=N\C(C)=C(/C)C=NC2)cc1.Cc1ccc(F)cc1F. The molecule has 1 heterocycles. The first kappa shape index (κ1) is 39.3. The molecular weight excluding hydrogens is 550 g/mol. The first-order valence-electron chi connectivity index (χ1n) is 14.2. The quantitative estimate of drug-likeness (QED) is 0.278. The minimum Gasteiger partial charge on any atom is -0.383 e. The number of aryl methyl sites for hydroxylation is 2. The van der Waals surface area contributed by atoms with Gasteiger partial charge >= 0.3 is 0 Å². The van der Waals surface area contributed by atoms with Gasteiger partial charge in [-0.05, 0) is 74.7 Å². The summed E-state index contributed by atoms with van der Waals surface area (Å²) in [6.07, 6.45) is 4.05. The van der Waals surface area contributed by atoms with Crippen molar-refractivity contribution < 1.29 is 8.78 Å². The van der Waals surface area contributed by atoms with Gasteiger partial charge in [0, 0.05) is 42.3 Å². The van der Waals surface area contributed by atoms with E-state index in [-0.39, 0.29) is 0 Å². The van der Waals surface area contributed by atoms with Crippen LogP contribution in [0, 0.1) is 25.5 Å². The van der Waals surface area contributed by atoms with Crippen LogP contribution in [0.3, 0.4) is 0 Å². The summed E-state index contributed by atoms with van der Waals surface area (Å²) < 4.78 is 24.4. The van der Waals surface area contributed by atoms with Crippen LogP contribution in [0.2, 0.25) is 0 Å². The van der Waals surface area contributed by atoms with Crippen molar-refractivity contribution in [3.63, 3.8) is 0 Å². The number of rotatable bonds is 6. The molecule has 6 heteroatoms. The van der Waals surface area contributed by atoms with E-state index in [1.165, 1.54) is 28.8 Å². The maximum atomic E-state index is 12.3. The molecule has 0 bridgehead atoms. The fourth-order valence-corrected chi connectivity index (χ4v) is 3.75. The molecule has 0 radical (unpaired) electrons. The van der Waals surface area contributed by atoms with Gasteiger partial charge in [-0.2, -0.15) is 0 Å². The Morgan fingerprint density at radius 2 is 1.34 bits per heavy atom. The maximum absolute atomic E-state index is 12.3. The van der Waals surface area contributed by atoms with Gasteiger partial charge in [-0.3, -0.25) is 9.98 Å². The van der Waals surface area contributed by atoms with E-state index in [2.05, 4.69) is 124 Å². The van der Waals surface area contributed by atoms with E-state index in [9.17, 15) is 8.78 Å². The fraction of sp³-hybridized carbons (Fsp3) is 0.211. The van der Waals surface area contributed by atoms with Crippen molar-refractivity contribution in [2.24, 2.45) is 9.98 Å². The number of allylic oxidation sites excluding steroid dienone is 3. The first-order chi connectivity index (χ1) is 21.3. The second-order valence-corrected chi connectivity index (χ2v) is 9.31. The molecule has 4 rings (SSSR count). The van der Waals surface area contributed by atoms with E-state index in [1.54, 1.807) is 6.92 Å². The molecule has 44 heavy (non-hydrogen) atoms. The van der Waals surface area contributed by atoms with Gasteiger partial charge in [-0.1, -0.05) is 54.6 Å². The molecule has 0 saturated carbocycles. The molecular formula is C38H48F2N4. The summed E-state index contributed by atoms with van der Waals surface area (Å²) in [7, 11) is 1.96. The lowest BCUT2D eigenvalue weighted by molar-refractivity contribution is 0.577. The lowest BCUT2D eigenvalue weighted by Gasteiger charge is -2.12. The Hall–Kier alpha value is -4.68. The highest BCUT2D eigenvalue weighted by Gasteiger charge is 2.09. The summed E-state index contributed by atoms with van der Waals surface area (Å²) in [5, 5.41) is 6.75. The third kappa shape index (κ3) is 14.0. The standard InChI is InChI=1S/C25H30N4.C7H6F2.3C2H4/c1-18-7-5-6-8-24(18)25-13-23(17-27-14-19(2)20(3)29-25)28-16-22-11-9-21(10-12-22)15-26-4;1-5-2-3-6(8)4-7(5)9;3*1-2/h5-14,26,28H,15-17H2,1-4H3;2-4H,1H3;3*1-2H2/b20-19+,23-13+,27-14?,29-25+;;;;. The predicted octanol–water partition coefficient (Wildman–Crippen LogP) is 9.24. The van der Waals surface area contributed by atoms with Crippen LogP contribution in [0.1, 0.15) is 41.7 Å². The Morgan fingerprint density at radius 1 is 0.750 bits per heavy atom. The van der Waals surface area contributed by atoms with Crippen molar-refractivity contribution in [1.82, 2.24) is 10.6 Å². The molecule has 0 amide bonds. The molecule has 1 aliphatic heterocycles. The van der Waals surface area contributed by atoms with Crippen LogP contribution >= 0.6 is 0 Å². The first-order valence-corrected chi connectivity index (χ1v) is 14.2. The molecule has 0 spiro atoms. The molecule has 234 valence electrons. The monoisotopic (exact) mass is 598 g/mol. The molecule has 3 aromatic rings. The topological polar surface area (TPSA) is 48.8 Å². The summed E-state index contributed by atoms with van der Waals surface area (Å²) >= 11 is 0. The van der Waals surface area contributed by atoms with Gasteiger partial charge in [0.25, 0.3) is 0 Å².